The van der Waals surface area contributed by atoms with Crippen molar-refractivity contribution in [2.75, 3.05) is 0 Å². The van der Waals surface area contributed by atoms with Crippen LogP contribution in [0.5, 0.6) is 0 Å². The maximum atomic E-state index is 11.1. The van der Waals surface area contributed by atoms with Crippen molar-refractivity contribution in [1.82, 2.24) is 0 Å². The van der Waals surface area contributed by atoms with Gasteiger partial charge in [-0.1, -0.05) is 19.3 Å². The third-order valence-electron chi connectivity index (χ3n) is 3.78. The molecule has 0 aromatic carbocycles. The summed E-state index contributed by atoms with van der Waals surface area (Å²) in [7, 11) is 0. The van der Waals surface area contributed by atoms with Crippen molar-refractivity contribution in [1.29, 1.82) is 0 Å². The smallest absolute Gasteiger partial charge is 0.132 e. The molecule has 68 valence electrons. The van der Waals surface area contributed by atoms with Crippen molar-refractivity contribution >= 4 is 5.78 Å². The molecule has 0 unspecified atom stereocenters. The van der Waals surface area contributed by atoms with Gasteiger partial charge < -0.3 is 0 Å². The number of Topliss-reactive ketones (excluding diaryl/α,β-unsaturated/α-hetero) is 1. The number of ketones is 1. The van der Waals surface area contributed by atoms with E-state index in [-0.39, 0.29) is 0 Å². The second-order valence-corrected chi connectivity index (χ2v) is 4.60. The lowest BCUT2D eigenvalue weighted by molar-refractivity contribution is -0.122. The molecule has 2 fully saturated rings. The van der Waals surface area contributed by atoms with E-state index in [2.05, 4.69) is 0 Å². The molecule has 0 N–H and O–H groups in total. The topological polar surface area (TPSA) is 17.1 Å². The number of hydrogen-bond donors (Lipinski definition) is 0. The Labute approximate surface area is 74.5 Å². The number of rotatable bonds is 0. The lowest BCUT2D eigenvalue weighted by Crippen LogP contribution is -2.29. The van der Waals surface area contributed by atoms with Crippen LogP contribution in [0.3, 0.4) is 0 Å². The molecule has 0 aromatic rings. The molecule has 2 rings (SSSR count). The molecule has 2 aliphatic carbocycles. The molecule has 1 heteroatoms. The van der Waals surface area contributed by atoms with E-state index in [4.69, 9.17) is 0 Å². The van der Waals surface area contributed by atoms with Gasteiger partial charge in [0.25, 0.3) is 0 Å². The molecule has 12 heavy (non-hydrogen) atoms. The van der Waals surface area contributed by atoms with Gasteiger partial charge in [-0.2, -0.15) is 0 Å². The van der Waals surface area contributed by atoms with E-state index < -0.39 is 0 Å². The summed E-state index contributed by atoms with van der Waals surface area (Å²) in [5.41, 5.74) is 0.617. The van der Waals surface area contributed by atoms with Crippen molar-refractivity contribution < 1.29 is 4.79 Å². The fourth-order valence-corrected chi connectivity index (χ4v) is 2.86. The molecule has 0 aromatic heterocycles. The molecule has 0 bridgehead atoms. The summed E-state index contributed by atoms with van der Waals surface area (Å²) in [5.74, 6) is 0.506. The van der Waals surface area contributed by atoms with Gasteiger partial charge in [0.15, 0.2) is 0 Å². The molecular formula is C11H18O. The van der Waals surface area contributed by atoms with Gasteiger partial charge in [-0.25, -0.2) is 0 Å². The maximum absolute atomic E-state index is 11.1. The Hall–Kier alpha value is -0.330. The Morgan fingerprint density at radius 1 is 0.833 bits per heavy atom. The average Bonchev–Trinajstić information content (AvgIpc) is 2.13. The first-order valence-electron chi connectivity index (χ1n) is 5.33. The molecular weight excluding hydrogens is 148 g/mol. The van der Waals surface area contributed by atoms with E-state index >= 15 is 0 Å². The largest absolute Gasteiger partial charge is 0.300 e. The van der Waals surface area contributed by atoms with Crippen LogP contribution in [0.4, 0.5) is 0 Å². The van der Waals surface area contributed by atoms with Gasteiger partial charge in [-0.15, -0.1) is 0 Å². The van der Waals surface area contributed by atoms with Gasteiger partial charge in [-0.3, -0.25) is 4.79 Å². The van der Waals surface area contributed by atoms with Crippen molar-refractivity contribution in [3.05, 3.63) is 0 Å². The molecule has 0 atom stereocenters. The van der Waals surface area contributed by atoms with Crippen molar-refractivity contribution in [2.45, 2.75) is 57.8 Å². The van der Waals surface area contributed by atoms with Gasteiger partial charge in [-0.05, 0) is 31.1 Å². The summed E-state index contributed by atoms with van der Waals surface area (Å²) < 4.78 is 0. The minimum absolute atomic E-state index is 0.506. The van der Waals surface area contributed by atoms with Crippen LogP contribution < -0.4 is 0 Å². The van der Waals surface area contributed by atoms with Crippen LogP contribution in [0.1, 0.15) is 57.8 Å². The molecule has 1 nitrogen and oxygen atoms in total. The van der Waals surface area contributed by atoms with Crippen molar-refractivity contribution in [3.8, 4) is 0 Å². The first-order chi connectivity index (χ1) is 5.81. The minimum Gasteiger partial charge on any atom is -0.300 e. The molecule has 0 amide bonds. The molecule has 0 aliphatic heterocycles. The molecule has 2 saturated carbocycles. The second kappa shape index (κ2) is 3.20. The highest BCUT2D eigenvalue weighted by Crippen LogP contribution is 2.46. The third kappa shape index (κ3) is 1.55. The number of hydrogen-bond acceptors (Lipinski definition) is 1. The zero-order valence-corrected chi connectivity index (χ0v) is 7.77. The van der Waals surface area contributed by atoms with Crippen molar-refractivity contribution in [2.24, 2.45) is 5.41 Å². The minimum atomic E-state index is 0.506. The van der Waals surface area contributed by atoms with Crippen molar-refractivity contribution in [3.63, 3.8) is 0 Å². The number of carbonyl (C=O) groups is 1. The Balaban J connectivity index is 1.96. The summed E-state index contributed by atoms with van der Waals surface area (Å²) in [6, 6.07) is 0. The van der Waals surface area contributed by atoms with Crippen LogP contribution in [-0.2, 0) is 4.79 Å². The summed E-state index contributed by atoms with van der Waals surface area (Å²) >= 11 is 0. The predicted molar refractivity (Wildman–Crippen MR) is 49.0 cm³/mol. The van der Waals surface area contributed by atoms with Crippen LogP contribution in [0.2, 0.25) is 0 Å². The molecule has 1 spiro atoms. The van der Waals surface area contributed by atoms with Crippen LogP contribution >= 0.6 is 0 Å². The molecule has 0 saturated heterocycles. The molecule has 2 aliphatic rings. The zero-order chi connectivity index (χ0) is 8.44. The van der Waals surface area contributed by atoms with Crippen LogP contribution in [0.15, 0.2) is 0 Å². The van der Waals surface area contributed by atoms with E-state index in [1.54, 1.807) is 0 Å². The Morgan fingerprint density at radius 2 is 1.42 bits per heavy atom. The summed E-state index contributed by atoms with van der Waals surface area (Å²) in [4.78, 5) is 11.1. The summed E-state index contributed by atoms with van der Waals surface area (Å²) in [6.07, 6.45) is 11.2. The quantitative estimate of drug-likeness (QED) is 0.540. The maximum Gasteiger partial charge on any atom is 0.132 e. The standard InChI is InChI=1S/C11H18O/c12-10-4-8-11(9-5-10)6-2-1-3-7-11/h1-9H2. The lowest BCUT2D eigenvalue weighted by atomic mass is 9.65. The van der Waals surface area contributed by atoms with E-state index in [9.17, 15) is 4.79 Å². The Morgan fingerprint density at radius 3 is 2.00 bits per heavy atom. The summed E-state index contributed by atoms with van der Waals surface area (Å²) in [6.45, 7) is 0. The van der Waals surface area contributed by atoms with Gasteiger partial charge in [0.05, 0.1) is 0 Å². The molecule has 0 heterocycles. The number of carbonyl (C=O) groups excluding carboxylic acids is 1. The fraction of sp³-hybridized carbons (Fsp3) is 0.909. The van der Waals surface area contributed by atoms with Crippen LogP contribution in [0, 0.1) is 5.41 Å². The highest BCUT2D eigenvalue weighted by atomic mass is 16.1. The van der Waals surface area contributed by atoms with Gasteiger partial charge in [0.2, 0.25) is 0 Å². The third-order valence-corrected chi connectivity index (χ3v) is 3.78. The molecule has 0 radical (unpaired) electrons. The normalized spacial score (nSPS) is 29.2. The van der Waals surface area contributed by atoms with E-state index in [0.29, 0.717) is 11.2 Å². The monoisotopic (exact) mass is 166 g/mol. The van der Waals surface area contributed by atoms with Gasteiger partial charge >= 0.3 is 0 Å². The SMILES string of the molecule is O=C1CCC2(CCCCC2)CC1. The highest BCUT2D eigenvalue weighted by molar-refractivity contribution is 5.79. The van der Waals surface area contributed by atoms with Gasteiger partial charge in [0.1, 0.15) is 5.78 Å². The Kier molecular flexibility index (Phi) is 2.20. The van der Waals surface area contributed by atoms with Gasteiger partial charge in [0, 0.05) is 12.8 Å². The fourth-order valence-electron chi connectivity index (χ4n) is 2.86. The second-order valence-electron chi connectivity index (χ2n) is 4.60. The van der Waals surface area contributed by atoms with E-state index in [1.165, 1.54) is 44.9 Å². The average molecular weight is 166 g/mol. The van der Waals surface area contributed by atoms with E-state index in [1.807, 2.05) is 0 Å². The lowest BCUT2D eigenvalue weighted by Gasteiger charge is -2.39. The van der Waals surface area contributed by atoms with E-state index in [0.717, 1.165) is 12.8 Å². The summed E-state index contributed by atoms with van der Waals surface area (Å²) in [5, 5.41) is 0. The first kappa shape index (κ1) is 8.28. The Bertz CT molecular complexity index is 165. The highest BCUT2D eigenvalue weighted by Gasteiger charge is 2.35. The first-order valence-corrected chi connectivity index (χ1v) is 5.33. The van der Waals surface area contributed by atoms with Crippen LogP contribution in [0.25, 0.3) is 0 Å². The predicted octanol–water partition coefficient (Wildman–Crippen LogP) is 3.08. The van der Waals surface area contributed by atoms with Crippen LogP contribution in [-0.4, -0.2) is 5.78 Å². The zero-order valence-electron chi connectivity index (χ0n) is 7.77.